The van der Waals surface area contributed by atoms with Crippen LogP contribution in [0.2, 0.25) is 5.02 Å². The van der Waals surface area contributed by atoms with E-state index in [1.165, 1.54) is 36.1 Å². The van der Waals surface area contributed by atoms with Crippen molar-refractivity contribution >= 4 is 60.6 Å². The Labute approximate surface area is 208 Å². The number of nitrogens with one attached hydrogen (secondary N) is 1. The van der Waals surface area contributed by atoms with Crippen LogP contribution in [0.25, 0.3) is 10.2 Å². The number of hydrogen-bond donors (Lipinski definition) is 1. The Morgan fingerprint density at radius 1 is 1.00 bits per heavy atom. The van der Waals surface area contributed by atoms with Crippen molar-refractivity contribution in [1.29, 1.82) is 0 Å². The summed E-state index contributed by atoms with van der Waals surface area (Å²) in [5.41, 5.74) is 2.04. The summed E-state index contributed by atoms with van der Waals surface area (Å²) in [5.74, 6) is 0. The van der Waals surface area contributed by atoms with Crippen molar-refractivity contribution in [2.75, 3.05) is 4.72 Å². The summed E-state index contributed by atoms with van der Waals surface area (Å²) in [6, 6.07) is 11.7. The van der Waals surface area contributed by atoms with Crippen LogP contribution in [-0.2, 0) is 16.2 Å². The minimum atomic E-state index is -4.55. The molecule has 11 heteroatoms. The number of nitrogens with zero attached hydrogens (tertiary/aromatic N) is 1. The first-order valence-electron chi connectivity index (χ1n) is 9.89. The Morgan fingerprint density at radius 3 is 2.38 bits per heavy atom. The van der Waals surface area contributed by atoms with Gasteiger partial charge in [0.05, 0.1) is 31.4 Å². The number of rotatable bonds is 5. The van der Waals surface area contributed by atoms with Gasteiger partial charge in [0.25, 0.3) is 10.0 Å². The third kappa shape index (κ3) is 5.19. The van der Waals surface area contributed by atoms with Gasteiger partial charge in [0.1, 0.15) is 0 Å². The molecule has 0 saturated heterocycles. The van der Waals surface area contributed by atoms with Gasteiger partial charge in [-0.2, -0.15) is 13.2 Å². The predicted molar refractivity (Wildman–Crippen MR) is 132 cm³/mol. The first-order chi connectivity index (χ1) is 15.8. The highest BCUT2D eigenvalue weighted by atomic mass is 35.5. The lowest BCUT2D eigenvalue weighted by molar-refractivity contribution is -0.137. The summed E-state index contributed by atoms with van der Waals surface area (Å²) in [5, 5.41) is 0.335. The van der Waals surface area contributed by atoms with Crippen LogP contribution in [0.15, 0.2) is 62.7 Å². The van der Waals surface area contributed by atoms with Crippen LogP contribution in [0.5, 0.6) is 0 Å². The third-order valence-electron chi connectivity index (χ3n) is 4.99. The van der Waals surface area contributed by atoms with Crippen LogP contribution < -0.4 is 4.72 Å². The molecular formula is C23H18ClF3N2O2S3. The molecule has 1 heterocycles. The zero-order chi connectivity index (χ0) is 24.8. The summed E-state index contributed by atoms with van der Waals surface area (Å²) in [4.78, 5) is 5.14. The molecule has 34 heavy (non-hydrogen) atoms. The van der Waals surface area contributed by atoms with Gasteiger partial charge in [0.2, 0.25) is 0 Å². The molecule has 0 saturated carbocycles. The highest BCUT2D eigenvalue weighted by molar-refractivity contribution is 8.01. The second kappa shape index (κ2) is 9.07. The van der Waals surface area contributed by atoms with E-state index in [4.69, 9.17) is 11.6 Å². The summed E-state index contributed by atoms with van der Waals surface area (Å²) in [6.45, 7) is 5.12. The Hall–Kier alpha value is -2.27. The van der Waals surface area contributed by atoms with Crippen molar-refractivity contribution in [1.82, 2.24) is 4.98 Å². The van der Waals surface area contributed by atoms with E-state index in [0.717, 1.165) is 48.8 Å². The van der Waals surface area contributed by atoms with Crippen LogP contribution in [0.1, 0.15) is 22.3 Å². The summed E-state index contributed by atoms with van der Waals surface area (Å²) >= 11 is 9.41. The van der Waals surface area contributed by atoms with E-state index in [1.807, 2.05) is 25.1 Å². The second-order valence-corrected chi connectivity index (χ2v) is 12.1. The van der Waals surface area contributed by atoms with Crippen LogP contribution in [0, 0.1) is 20.8 Å². The molecule has 4 aromatic rings. The number of fused-ring (bicyclic) bond motifs is 1. The number of aromatic nitrogens is 1. The van der Waals surface area contributed by atoms with Crippen molar-refractivity contribution in [2.45, 2.75) is 41.1 Å². The van der Waals surface area contributed by atoms with E-state index in [2.05, 4.69) is 9.71 Å². The maximum Gasteiger partial charge on any atom is 0.416 e. The molecule has 0 aliphatic heterocycles. The molecule has 0 radical (unpaired) electrons. The average Bonchev–Trinajstić information content (AvgIpc) is 3.11. The Kier molecular flexibility index (Phi) is 6.63. The molecule has 3 aromatic carbocycles. The van der Waals surface area contributed by atoms with Crippen molar-refractivity contribution in [2.24, 2.45) is 0 Å². The molecule has 0 bridgehead atoms. The standard InChI is InChI=1S/C23H18ClF3N2O2S3/c1-12-4-6-19-18(8-12)28-22(32-19)33-21-14(3)10-16(11-17(21)24)29-34(30,31)20-7-5-15(9-13(20)2)23(25,26)27/h4-11,29H,1-3H3. The lowest BCUT2D eigenvalue weighted by Gasteiger charge is -2.15. The molecule has 4 nitrogen and oxygen atoms in total. The maximum absolute atomic E-state index is 12.9. The summed E-state index contributed by atoms with van der Waals surface area (Å²) in [7, 11) is -4.13. The SMILES string of the molecule is Cc1ccc2sc(Sc3c(C)cc(NS(=O)(=O)c4ccc(C(F)(F)F)cc4C)cc3Cl)nc2c1. The Bertz CT molecular complexity index is 1490. The fourth-order valence-corrected chi connectivity index (χ4v) is 7.11. The first kappa shape index (κ1) is 24.8. The minimum absolute atomic E-state index is 0.0107. The minimum Gasteiger partial charge on any atom is -0.280 e. The van der Waals surface area contributed by atoms with E-state index >= 15 is 0 Å². The molecule has 0 spiro atoms. The van der Waals surface area contributed by atoms with Crippen LogP contribution in [0.4, 0.5) is 18.9 Å². The van der Waals surface area contributed by atoms with Crippen molar-refractivity contribution in [3.63, 3.8) is 0 Å². The predicted octanol–water partition coefficient (Wildman–Crippen LogP) is 7.85. The Morgan fingerprint density at radius 2 is 1.74 bits per heavy atom. The van der Waals surface area contributed by atoms with Gasteiger partial charge < -0.3 is 0 Å². The molecule has 0 atom stereocenters. The second-order valence-electron chi connectivity index (χ2n) is 7.74. The molecular weight excluding hydrogens is 525 g/mol. The lowest BCUT2D eigenvalue weighted by atomic mass is 10.1. The van der Waals surface area contributed by atoms with Gasteiger partial charge in [-0.1, -0.05) is 29.4 Å². The summed E-state index contributed by atoms with van der Waals surface area (Å²) in [6.07, 6.45) is -4.55. The topological polar surface area (TPSA) is 59.1 Å². The van der Waals surface area contributed by atoms with E-state index < -0.39 is 21.8 Å². The van der Waals surface area contributed by atoms with Crippen molar-refractivity contribution in [3.8, 4) is 0 Å². The number of anilines is 1. The molecule has 1 N–H and O–H groups in total. The lowest BCUT2D eigenvalue weighted by Crippen LogP contribution is -2.15. The van der Waals surface area contributed by atoms with E-state index in [1.54, 1.807) is 13.0 Å². The van der Waals surface area contributed by atoms with Gasteiger partial charge in [-0.3, -0.25) is 4.72 Å². The number of halogens is 4. The highest BCUT2D eigenvalue weighted by Gasteiger charge is 2.31. The van der Waals surface area contributed by atoms with Gasteiger partial charge in [0.15, 0.2) is 4.34 Å². The van der Waals surface area contributed by atoms with E-state index in [0.29, 0.717) is 5.02 Å². The van der Waals surface area contributed by atoms with Gasteiger partial charge in [0, 0.05) is 4.90 Å². The van der Waals surface area contributed by atoms with E-state index in [9.17, 15) is 21.6 Å². The Balaban J connectivity index is 1.60. The van der Waals surface area contributed by atoms with Gasteiger partial charge in [-0.05, 0) is 79.9 Å². The number of benzene rings is 3. The smallest absolute Gasteiger partial charge is 0.280 e. The maximum atomic E-state index is 12.9. The van der Waals surface area contributed by atoms with Gasteiger partial charge in [-0.25, -0.2) is 13.4 Å². The molecule has 0 unspecified atom stereocenters. The number of thiazole rings is 1. The highest BCUT2D eigenvalue weighted by Crippen LogP contribution is 2.41. The fourth-order valence-electron chi connectivity index (χ4n) is 3.40. The molecule has 178 valence electrons. The van der Waals surface area contributed by atoms with Crippen LogP contribution in [-0.4, -0.2) is 13.4 Å². The monoisotopic (exact) mass is 542 g/mol. The molecule has 0 aliphatic carbocycles. The third-order valence-corrected chi connectivity index (χ3v) is 9.28. The normalized spacial score (nSPS) is 12.3. The van der Waals surface area contributed by atoms with Gasteiger partial charge >= 0.3 is 6.18 Å². The largest absolute Gasteiger partial charge is 0.416 e. The molecule has 0 amide bonds. The van der Waals surface area contributed by atoms with Crippen LogP contribution in [0.3, 0.4) is 0 Å². The molecule has 0 aliphatic rings. The number of alkyl halides is 3. The number of sulfonamides is 1. The van der Waals surface area contributed by atoms with Crippen molar-refractivity contribution < 1.29 is 21.6 Å². The zero-order valence-electron chi connectivity index (χ0n) is 18.1. The van der Waals surface area contributed by atoms with E-state index in [-0.39, 0.29) is 16.1 Å². The quantitative estimate of drug-likeness (QED) is 0.279. The zero-order valence-corrected chi connectivity index (χ0v) is 21.3. The fraction of sp³-hybridized carbons (Fsp3) is 0.174. The van der Waals surface area contributed by atoms with Gasteiger partial charge in [-0.15, -0.1) is 11.3 Å². The molecule has 1 aromatic heterocycles. The molecule has 4 rings (SSSR count). The molecule has 0 fully saturated rings. The number of aryl methyl sites for hydroxylation is 3. The first-order valence-corrected chi connectivity index (χ1v) is 13.4. The number of hydrogen-bond acceptors (Lipinski definition) is 5. The van der Waals surface area contributed by atoms with Crippen LogP contribution >= 0.6 is 34.7 Å². The summed E-state index contributed by atoms with van der Waals surface area (Å²) < 4.78 is 68.8. The average molecular weight is 543 g/mol. The van der Waals surface area contributed by atoms with Crippen molar-refractivity contribution in [3.05, 3.63) is 75.8 Å².